The summed E-state index contributed by atoms with van der Waals surface area (Å²) in [7, 11) is 0. The van der Waals surface area contributed by atoms with Gasteiger partial charge in [0.1, 0.15) is 35.5 Å². The van der Waals surface area contributed by atoms with Crippen molar-refractivity contribution in [1.29, 1.82) is 5.26 Å². The Bertz CT molecular complexity index is 1950. The first-order valence-electron chi connectivity index (χ1n) is 18.0. The zero-order valence-corrected chi connectivity index (χ0v) is 29.0. The van der Waals surface area contributed by atoms with Crippen molar-refractivity contribution >= 4 is 29.7 Å². The van der Waals surface area contributed by atoms with Crippen molar-refractivity contribution in [3.63, 3.8) is 0 Å². The first-order valence-corrected chi connectivity index (χ1v) is 18.0. The minimum absolute atomic E-state index is 0.0775. The number of ether oxygens (including phenoxy) is 3. The van der Waals surface area contributed by atoms with Crippen molar-refractivity contribution in [2.45, 2.75) is 82.2 Å². The molecule has 5 aliphatic rings. The van der Waals surface area contributed by atoms with Crippen molar-refractivity contribution in [2.24, 2.45) is 0 Å². The molecule has 3 aromatic rings. The van der Waals surface area contributed by atoms with Gasteiger partial charge in [-0.25, -0.2) is 19.6 Å². The molecule has 52 heavy (non-hydrogen) atoms. The number of fused-ring (bicyclic) bond motifs is 3. The van der Waals surface area contributed by atoms with E-state index in [0.717, 1.165) is 49.0 Å². The van der Waals surface area contributed by atoms with Gasteiger partial charge in [-0.15, -0.1) is 0 Å². The largest absolute Gasteiger partial charge is 0.480 e. The fourth-order valence-corrected chi connectivity index (χ4v) is 8.19. The van der Waals surface area contributed by atoms with Crippen LogP contribution in [0.15, 0.2) is 36.7 Å². The smallest absolute Gasteiger partial charge is 0.415 e. The third kappa shape index (κ3) is 6.59. The number of nitrogens with zero attached hydrogens (tertiary/aromatic N) is 6. The summed E-state index contributed by atoms with van der Waals surface area (Å²) in [4.78, 5) is 54.4. The predicted octanol–water partition coefficient (Wildman–Crippen LogP) is 2.93. The quantitative estimate of drug-likeness (QED) is 0.234. The lowest BCUT2D eigenvalue weighted by molar-refractivity contribution is -0.118. The van der Waals surface area contributed by atoms with Crippen molar-refractivity contribution < 1.29 is 28.6 Å². The Morgan fingerprint density at radius 1 is 0.942 bits per heavy atom. The first kappa shape index (κ1) is 33.8. The third-order valence-corrected chi connectivity index (χ3v) is 10.8. The van der Waals surface area contributed by atoms with Gasteiger partial charge in [-0.1, -0.05) is 0 Å². The number of rotatable bonds is 12. The van der Waals surface area contributed by atoms with Gasteiger partial charge in [-0.2, -0.15) is 5.26 Å². The molecular formula is C37H41N9O6. The molecule has 4 atom stereocenters. The van der Waals surface area contributed by atoms with Crippen LogP contribution in [0.1, 0.15) is 59.3 Å². The summed E-state index contributed by atoms with van der Waals surface area (Å²) >= 11 is 0. The summed E-state index contributed by atoms with van der Waals surface area (Å²) in [5.41, 5.74) is 5.26. The van der Waals surface area contributed by atoms with Crippen LogP contribution in [0, 0.1) is 18.3 Å². The number of aromatic nitrogens is 3. The number of hydrogen-bond donors (Lipinski definition) is 3. The molecule has 6 heterocycles. The van der Waals surface area contributed by atoms with Crippen molar-refractivity contribution in [2.75, 3.05) is 43.0 Å². The fourth-order valence-electron chi connectivity index (χ4n) is 8.19. The SMILES string of the molecule is Cc1nccc2c1CC(NCCCC1CN(C3(NCCCC4CN(c5ccc6c(n5)NC(=O)CO6)C(=O)O4)Cc4ccnc(C#N)c4C3)C(=O)O1)C2. The van der Waals surface area contributed by atoms with Crippen LogP contribution in [-0.4, -0.2) is 94.6 Å². The van der Waals surface area contributed by atoms with E-state index >= 15 is 0 Å². The summed E-state index contributed by atoms with van der Waals surface area (Å²) in [6.07, 6.45) is 7.87. The number of carbonyl (C=O) groups excluding carboxylic acids is 3. The highest BCUT2D eigenvalue weighted by atomic mass is 16.6. The van der Waals surface area contributed by atoms with Crippen molar-refractivity contribution in [3.8, 4) is 11.8 Å². The molecule has 4 unspecified atom stereocenters. The number of pyridine rings is 3. The molecule has 15 nitrogen and oxygen atoms in total. The molecule has 0 radical (unpaired) electrons. The van der Waals surface area contributed by atoms with Gasteiger partial charge < -0.3 is 24.8 Å². The number of nitriles is 1. The van der Waals surface area contributed by atoms with Gasteiger partial charge in [-0.05, 0) is 105 Å². The summed E-state index contributed by atoms with van der Waals surface area (Å²) in [6, 6.07) is 9.98. The monoisotopic (exact) mass is 707 g/mol. The zero-order chi connectivity index (χ0) is 35.8. The molecule has 15 heteroatoms. The van der Waals surface area contributed by atoms with E-state index in [9.17, 15) is 19.6 Å². The van der Waals surface area contributed by atoms with Gasteiger partial charge in [0.25, 0.3) is 5.91 Å². The van der Waals surface area contributed by atoms with Crippen LogP contribution in [0.3, 0.4) is 0 Å². The lowest BCUT2D eigenvalue weighted by atomic mass is 10.0. The molecule has 0 aromatic carbocycles. The zero-order valence-electron chi connectivity index (χ0n) is 29.0. The lowest BCUT2D eigenvalue weighted by Crippen LogP contribution is -2.60. The Hall–Kier alpha value is -5.33. The van der Waals surface area contributed by atoms with Gasteiger partial charge in [0.05, 0.1) is 13.1 Å². The Morgan fingerprint density at radius 3 is 2.58 bits per heavy atom. The Balaban J connectivity index is 0.865. The molecule has 2 fully saturated rings. The second-order valence-corrected chi connectivity index (χ2v) is 14.2. The van der Waals surface area contributed by atoms with Gasteiger partial charge in [-0.3, -0.25) is 24.9 Å². The van der Waals surface area contributed by atoms with E-state index in [1.54, 1.807) is 23.2 Å². The minimum atomic E-state index is -0.777. The van der Waals surface area contributed by atoms with Crippen LogP contribution in [0.4, 0.5) is 21.2 Å². The van der Waals surface area contributed by atoms with Gasteiger partial charge >= 0.3 is 12.2 Å². The van der Waals surface area contributed by atoms with Crippen LogP contribution in [0.5, 0.6) is 5.75 Å². The molecular weight excluding hydrogens is 666 g/mol. The molecule has 2 aliphatic carbocycles. The average molecular weight is 708 g/mol. The van der Waals surface area contributed by atoms with E-state index in [-0.39, 0.29) is 36.6 Å². The fraction of sp³-hybridized carbons (Fsp3) is 0.486. The van der Waals surface area contributed by atoms with E-state index in [2.05, 4.69) is 50.0 Å². The van der Waals surface area contributed by atoms with Crippen LogP contribution in [0.2, 0.25) is 0 Å². The summed E-state index contributed by atoms with van der Waals surface area (Å²) < 4.78 is 17.0. The molecule has 270 valence electrons. The van der Waals surface area contributed by atoms with E-state index in [1.165, 1.54) is 16.0 Å². The standard InChI is InChI=1S/C37H41N9O6/c1-22-28-15-25(14-23(28)8-12-39-22)40-10-2-4-27-20-46(36(49)52-27)37(16-24-9-13-41-30(18-38)29(24)17-37)42-11-3-5-26-19-45(35(48)51-26)32-7-6-31-34(43-32)44-33(47)21-50-31/h6-9,12-13,25-27,40,42H,2-5,10-11,14-17,19-21H2,1H3,(H,43,44,47). The maximum atomic E-state index is 13.5. The number of anilines is 2. The minimum Gasteiger partial charge on any atom is -0.480 e. The molecule has 3 aliphatic heterocycles. The number of aryl methyl sites for hydroxylation is 1. The summed E-state index contributed by atoms with van der Waals surface area (Å²) in [6.45, 7) is 4.12. The Morgan fingerprint density at radius 2 is 1.73 bits per heavy atom. The first-order chi connectivity index (χ1) is 25.3. The van der Waals surface area contributed by atoms with E-state index in [1.807, 2.05) is 12.3 Å². The number of carbonyl (C=O) groups is 3. The van der Waals surface area contributed by atoms with Crippen LogP contribution >= 0.6 is 0 Å². The molecule has 3 N–H and O–H groups in total. The highest BCUT2D eigenvalue weighted by molar-refractivity contribution is 5.95. The van der Waals surface area contributed by atoms with Crippen LogP contribution < -0.4 is 25.6 Å². The number of hydrogen-bond acceptors (Lipinski definition) is 12. The third-order valence-electron chi connectivity index (χ3n) is 10.8. The van der Waals surface area contributed by atoms with Gasteiger partial charge in [0.2, 0.25) is 0 Å². The summed E-state index contributed by atoms with van der Waals surface area (Å²) in [5, 5.41) is 19.8. The van der Waals surface area contributed by atoms with E-state index in [0.29, 0.717) is 68.6 Å². The molecule has 3 aromatic heterocycles. The Kier molecular flexibility index (Phi) is 9.10. The molecule has 2 saturated heterocycles. The average Bonchev–Trinajstić information content (AvgIpc) is 3.92. The predicted molar refractivity (Wildman–Crippen MR) is 187 cm³/mol. The number of amides is 3. The number of cyclic esters (lactones) is 2. The molecule has 0 spiro atoms. The van der Waals surface area contributed by atoms with E-state index < -0.39 is 11.8 Å². The van der Waals surface area contributed by atoms with Crippen molar-refractivity contribution in [3.05, 3.63) is 70.3 Å². The maximum absolute atomic E-state index is 13.5. The normalized spacial score (nSPS) is 24.5. The molecule has 8 rings (SSSR count). The van der Waals surface area contributed by atoms with E-state index in [4.69, 9.17) is 14.2 Å². The molecule has 3 amide bonds. The molecule has 0 bridgehead atoms. The molecule has 0 saturated carbocycles. The maximum Gasteiger partial charge on any atom is 0.415 e. The Labute approximate surface area is 301 Å². The van der Waals surface area contributed by atoms with Crippen LogP contribution in [-0.2, 0) is 40.0 Å². The topological polar surface area (TPSA) is 184 Å². The number of nitrogens with one attached hydrogen (secondary N) is 3. The van der Waals surface area contributed by atoms with Crippen LogP contribution in [0.25, 0.3) is 0 Å². The lowest BCUT2D eigenvalue weighted by Gasteiger charge is -2.38. The second-order valence-electron chi connectivity index (χ2n) is 14.2. The van der Waals surface area contributed by atoms with Gasteiger partial charge in [0.15, 0.2) is 18.2 Å². The highest BCUT2D eigenvalue weighted by Crippen LogP contribution is 2.37. The second kappa shape index (κ2) is 14.0. The highest BCUT2D eigenvalue weighted by Gasteiger charge is 2.50. The van der Waals surface area contributed by atoms with Gasteiger partial charge in [0, 0.05) is 37.0 Å². The van der Waals surface area contributed by atoms with Crippen molar-refractivity contribution in [1.82, 2.24) is 30.5 Å². The summed E-state index contributed by atoms with van der Waals surface area (Å²) in [5.74, 6) is 0.784.